The molecule has 23 heavy (non-hydrogen) atoms. The molecule has 1 saturated heterocycles. The van der Waals surface area contributed by atoms with E-state index in [1.165, 1.54) is 0 Å². The van der Waals surface area contributed by atoms with E-state index in [2.05, 4.69) is 29.9 Å². The quantitative estimate of drug-likeness (QED) is 0.715. The molecule has 0 bridgehead atoms. The number of furan rings is 1. The van der Waals surface area contributed by atoms with Gasteiger partial charge in [-0.2, -0.15) is 4.98 Å². The van der Waals surface area contributed by atoms with Crippen molar-refractivity contribution in [2.45, 2.75) is 6.54 Å². The number of rotatable bonds is 4. The van der Waals surface area contributed by atoms with Crippen molar-refractivity contribution in [3.8, 4) is 11.4 Å². The first-order valence-corrected chi connectivity index (χ1v) is 7.47. The molecule has 3 aromatic heterocycles. The topological polar surface area (TPSA) is 84.3 Å². The van der Waals surface area contributed by atoms with Crippen molar-refractivity contribution in [1.82, 2.24) is 25.0 Å². The minimum Gasteiger partial charge on any atom is -0.472 e. The zero-order chi connectivity index (χ0) is 15.5. The van der Waals surface area contributed by atoms with Gasteiger partial charge in [0.1, 0.15) is 12.1 Å². The fourth-order valence-corrected chi connectivity index (χ4v) is 2.61. The molecule has 3 aromatic rings. The van der Waals surface area contributed by atoms with Crippen LogP contribution in [0.3, 0.4) is 0 Å². The van der Waals surface area contributed by atoms with Crippen molar-refractivity contribution in [3.05, 3.63) is 43.1 Å². The van der Waals surface area contributed by atoms with Gasteiger partial charge in [0.05, 0.1) is 24.6 Å². The van der Waals surface area contributed by atoms with Crippen LogP contribution in [0.15, 0.2) is 46.1 Å². The second-order valence-electron chi connectivity index (χ2n) is 5.35. The van der Waals surface area contributed by atoms with Gasteiger partial charge in [-0.15, -0.1) is 0 Å². The summed E-state index contributed by atoms with van der Waals surface area (Å²) in [5.41, 5.74) is 0.826. The summed E-state index contributed by atoms with van der Waals surface area (Å²) in [6.45, 7) is 4.29. The van der Waals surface area contributed by atoms with E-state index in [9.17, 15) is 0 Å². The zero-order valence-corrected chi connectivity index (χ0v) is 12.5. The van der Waals surface area contributed by atoms with Crippen molar-refractivity contribution in [1.29, 1.82) is 0 Å². The minimum absolute atomic E-state index is 0.562. The van der Waals surface area contributed by atoms with Crippen LogP contribution in [-0.2, 0) is 6.54 Å². The van der Waals surface area contributed by atoms with Crippen LogP contribution in [0.2, 0.25) is 0 Å². The SMILES string of the molecule is c1cnc(N2CCN(Cc3nc(-c4ccoc4)no3)CC2)cn1. The predicted octanol–water partition coefficient (Wildman–Crippen LogP) is 1.44. The molecule has 0 N–H and O–H groups in total. The van der Waals surface area contributed by atoms with Gasteiger partial charge < -0.3 is 13.8 Å². The first-order chi connectivity index (χ1) is 11.4. The third-order valence-electron chi connectivity index (χ3n) is 3.85. The summed E-state index contributed by atoms with van der Waals surface area (Å²) in [5.74, 6) is 2.10. The summed E-state index contributed by atoms with van der Waals surface area (Å²) in [4.78, 5) is 17.4. The maximum atomic E-state index is 5.32. The molecule has 4 rings (SSSR count). The van der Waals surface area contributed by atoms with E-state index < -0.39 is 0 Å². The molecule has 118 valence electrons. The number of nitrogens with zero attached hydrogens (tertiary/aromatic N) is 6. The first kappa shape index (κ1) is 13.9. The van der Waals surface area contributed by atoms with Crippen LogP contribution in [0, 0.1) is 0 Å². The summed E-state index contributed by atoms with van der Waals surface area (Å²) in [5, 5.41) is 3.99. The van der Waals surface area contributed by atoms with Gasteiger partial charge in [-0.3, -0.25) is 9.88 Å². The van der Waals surface area contributed by atoms with E-state index in [0.29, 0.717) is 18.3 Å². The Kier molecular flexibility index (Phi) is 3.73. The summed E-state index contributed by atoms with van der Waals surface area (Å²) in [6.07, 6.45) is 8.40. The van der Waals surface area contributed by atoms with E-state index in [0.717, 1.165) is 37.6 Å². The highest BCUT2D eigenvalue weighted by molar-refractivity contribution is 5.51. The molecule has 0 aromatic carbocycles. The average molecular weight is 312 g/mol. The standard InChI is InChI=1S/C15H16N6O2/c1-8-22-11-12(1)15-18-14(23-19-15)10-20-4-6-21(7-5-20)13-9-16-2-3-17-13/h1-3,8-9,11H,4-7,10H2. The lowest BCUT2D eigenvalue weighted by Crippen LogP contribution is -2.46. The molecule has 1 fully saturated rings. The van der Waals surface area contributed by atoms with E-state index in [1.807, 2.05) is 6.07 Å². The Balaban J connectivity index is 1.35. The molecular weight excluding hydrogens is 296 g/mol. The second kappa shape index (κ2) is 6.17. The van der Waals surface area contributed by atoms with E-state index in [1.54, 1.807) is 31.1 Å². The van der Waals surface area contributed by atoms with Crippen molar-refractivity contribution in [2.75, 3.05) is 31.1 Å². The summed E-state index contributed by atoms with van der Waals surface area (Å²) in [6, 6.07) is 1.81. The van der Waals surface area contributed by atoms with Crippen LogP contribution in [0.5, 0.6) is 0 Å². The molecule has 8 heteroatoms. The van der Waals surface area contributed by atoms with Gasteiger partial charge in [-0.1, -0.05) is 5.16 Å². The number of hydrogen-bond donors (Lipinski definition) is 0. The number of anilines is 1. The Morgan fingerprint density at radius 2 is 2.04 bits per heavy atom. The zero-order valence-electron chi connectivity index (χ0n) is 12.5. The maximum Gasteiger partial charge on any atom is 0.241 e. The number of hydrogen-bond acceptors (Lipinski definition) is 8. The lowest BCUT2D eigenvalue weighted by molar-refractivity contribution is 0.215. The molecule has 8 nitrogen and oxygen atoms in total. The summed E-state index contributed by atoms with van der Waals surface area (Å²) in [7, 11) is 0. The van der Waals surface area contributed by atoms with Crippen molar-refractivity contribution >= 4 is 5.82 Å². The Hall–Kier alpha value is -2.74. The van der Waals surface area contributed by atoms with Crippen LogP contribution in [0.25, 0.3) is 11.4 Å². The van der Waals surface area contributed by atoms with Crippen molar-refractivity contribution in [2.24, 2.45) is 0 Å². The van der Waals surface area contributed by atoms with E-state index >= 15 is 0 Å². The Bertz CT molecular complexity index is 734. The van der Waals surface area contributed by atoms with Crippen LogP contribution in [0.1, 0.15) is 5.89 Å². The largest absolute Gasteiger partial charge is 0.472 e. The molecule has 0 amide bonds. The Morgan fingerprint density at radius 3 is 2.78 bits per heavy atom. The van der Waals surface area contributed by atoms with Crippen LogP contribution in [0.4, 0.5) is 5.82 Å². The first-order valence-electron chi connectivity index (χ1n) is 7.47. The molecule has 0 unspecified atom stereocenters. The lowest BCUT2D eigenvalue weighted by Gasteiger charge is -2.34. The molecule has 1 aliphatic heterocycles. The van der Waals surface area contributed by atoms with Gasteiger partial charge in [0.15, 0.2) is 0 Å². The van der Waals surface area contributed by atoms with Crippen molar-refractivity contribution in [3.63, 3.8) is 0 Å². The van der Waals surface area contributed by atoms with Gasteiger partial charge in [0, 0.05) is 38.6 Å². The molecule has 0 atom stereocenters. The van der Waals surface area contributed by atoms with Gasteiger partial charge in [-0.25, -0.2) is 4.98 Å². The average Bonchev–Trinajstić information content (AvgIpc) is 3.28. The Labute approximate surface area is 132 Å². The second-order valence-corrected chi connectivity index (χ2v) is 5.35. The highest BCUT2D eigenvalue weighted by Crippen LogP contribution is 2.17. The molecule has 4 heterocycles. The number of piperazine rings is 1. The van der Waals surface area contributed by atoms with Gasteiger partial charge in [0.2, 0.25) is 11.7 Å². The molecular formula is C15H16N6O2. The van der Waals surface area contributed by atoms with Gasteiger partial charge in [0.25, 0.3) is 0 Å². The van der Waals surface area contributed by atoms with Gasteiger partial charge in [-0.05, 0) is 6.07 Å². The van der Waals surface area contributed by atoms with Crippen LogP contribution >= 0.6 is 0 Å². The summed E-state index contributed by atoms with van der Waals surface area (Å²) >= 11 is 0. The smallest absolute Gasteiger partial charge is 0.241 e. The van der Waals surface area contributed by atoms with E-state index in [4.69, 9.17) is 8.94 Å². The predicted molar refractivity (Wildman–Crippen MR) is 81.5 cm³/mol. The summed E-state index contributed by atoms with van der Waals surface area (Å²) < 4.78 is 10.4. The number of aromatic nitrogens is 4. The molecule has 1 aliphatic rings. The van der Waals surface area contributed by atoms with Gasteiger partial charge >= 0.3 is 0 Å². The lowest BCUT2D eigenvalue weighted by atomic mass is 10.3. The highest BCUT2D eigenvalue weighted by atomic mass is 16.5. The maximum absolute atomic E-state index is 5.32. The fraction of sp³-hybridized carbons (Fsp3) is 0.333. The van der Waals surface area contributed by atoms with E-state index in [-0.39, 0.29) is 0 Å². The van der Waals surface area contributed by atoms with Crippen LogP contribution in [-0.4, -0.2) is 51.2 Å². The third kappa shape index (κ3) is 3.07. The van der Waals surface area contributed by atoms with Crippen LogP contribution < -0.4 is 4.90 Å². The Morgan fingerprint density at radius 1 is 1.13 bits per heavy atom. The fourth-order valence-electron chi connectivity index (χ4n) is 2.61. The highest BCUT2D eigenvalue weighted by Gasteiger charge is 2.20. The molecule has 0 aliphatic carbocycles. The third-order valence-corrected chi connectivity index (χ3v) is 3.85. The monoisotopic (exact) mass is 312 g/mol. The molecule has 0 spiro atoms. The molecule has 0 radical (unpaired) electrons. The molecule has 0 saturated carbocycles. The minimum atomic E-state index is 0.562. The van der Waals surface area contributed by atoms with Crippen molar-refractivity contribution < 1.29 is 8.94 Å². The normalized spacial score (nSPS) is 15.9.